The van der Waals surface area contributed by atoms with Gasteiger partial charge in [-0.15, -0.1) is 0 Å². The van der Waals surface area contributed by atoms with Gasteiger partial charge in [-0.1, -0.05) is 17.7 Å². The van der Waals surface area contributed by atoms with Crippen molar-refractivity contribution < 1.29 is 14.3 Å². The number of anilines is 3. The van der Waals surface area contributed by atoms with Gasteiger partial charge < -0.3 is 20.1 Å². The fourth-order valence-corrected chi connectivity index (χ4v) is 2.62. The summed E-state index contributed by atoms with van der Waals surface area (Å²) >= 11 is 5.91. The van der Waals surface area contributed by atoms with Gasteiger partial charge in [-0.2, -0.15) is 0 Å². The minimum atomic E-state index is -0.278. The van der Waals surface area contributed by atoms with Crippen LogP contribution in [0.25, 0.3) is 0 Å². The summed E-state index contributed by atoms with van der Waals surface area (Å²) in [6.07, 6.45) is 1.62. The van der Waals surface area contributed by atoms with Crippen LogP contribution in [0.15, 0.2) is 60.8 Å². The molecule has 3 aromatic rings. The highest BCUT2D eigenvalue weighted by molar-refractivity contribution is 6.31. The van der Waals surface area contributed by atoms with Crippen molar-refractivity contribution in [1.82, 2.24) is 4.98 Å². The van der Waals surface area contributed by atoms with E-state index in [9.17, 15) is 4.79 Å². The highest BCUT2D eigenvalue weighted by Crippen LogP contribution is 2.31. The zero-order chi connectivity index (χ0) is 19.2. The van der Waals surface area contributed by atoms with Crippen molar-refractivity contribution in [3.8, 4) is 11.5 Å². The molecule has 7 heteroatoms. The molecular formula is C20H18ClN3O3. The van der Waals surface area contributed by atoms with Gasteiger partial charge >= 0.3 is 0 Å². The summed E-state index contributed by atoms with van der Waals surface area (Å²) in [6, 6.07) is 15.7. The topological polar surface area (TPSA) is 72.5 Å². The van der Waals surface area contributed by atoms with Crippen molar-refractivity contribution >= 4 is 34.7 Å². The molecule has 0 unspecified atom stereocenters. The number of carbonyl (C=O) groups is 1. The number of hydrogen-bond acceptors (Lipinski definition) is 5. The zero-order valence-electron chi connectivity index (χ0n) is 14.8. The number of amides is 1. The molecular weight excluding hydrogens is 366 g/mol. The summed E-state index contributed by atoms with van der Waals surface area (Å²) in [5.41, 5.74) is 1.95. The largest absolute Gasteiger partial charge is 0.497 e. The first-order chi connectivity index (χ1) is 13.1. The van der Waals surface area contributed by atoms with Crippen LogP contribution in [0.4, 0.5) is 17.2 Å². The minimum absolute atomic E-state index is 0.278. The van der Waals surface area contributed by atoms with E-state index < -0.39 is 0 Å². The number of benzene rings is 2. The average Bonchev–Trinajstić information content (AvgIpc) is 2.69. The number of pyridine rings is 1. The molecule has 1 amide bonds. The number of methoxy groups -OCH3 is 2. The maximum atomic E-state index is 12.2. The summed E-state index contributed by atoms with van der Waals surface area (Å²) < 4.78 is 10.6. The van der Waals surface area contributed by atoms with E-state index in [1.165, 1.54) is 0 Å². The number of ether oxygens (including phenoxy) is 2. The summed E-state index contributed by atoms with van der Waals surface area (Å²) in [4.78, 5) is 16.5. The summed E-state index contributed by atoms with van der Waals surface area (Å²) in [5.74, 6) is 1.54. The third-order valence-corrected chi connectivity index (χ3v) is 4.01. The molecule has 0 spiro atoms. The Morgan fingerprint density at radius 3 is 2.56 bits per heavy atom. The monoisotopic (exact) mass is 383 g/mol. The number of carbonyl (C=O) groups excluding carboxylic acids is 1. The molecule has 6 nitrogen and oxygen atoms in total. The fourth-order valence-electron chi connectivity index (χ4n) is 2.43. The van der Waals surface area contributed by atoms with E-state index >= 15 is 0 Å². The van der Waals surface area contributed by atoms with Gasteiger partial charge in [-0.05, 0) is 42.5 Å². The first kappa shape index (κ1) is 18.5. The molecule has 0 aliphatic rings. The smallest absolute Gasteiger partial charge is 0.256 e. The van der Waals surface area contributed by atoms with Crippen LogP contribution in [0.1, 0.15) is 10.4 Å². The van der Waals surface area contributed by atoms with E-state index in [1.807, 2.05) is 18.2 Å². The number of aromatic nitrogens is 1. The molecule has 0 atom stereocenters. The lowest BCUT2D eigenvalue weighted by molar-refractivity contribution is 0.102. The Hall–Kier alpha value is -3.25. The quantitative estimate of drug-likeness (QED) is 0.642. The molecule has 0 radical (unpaired) electrons. The first-order valence-corrected chi connectivity index (χ1v) is 8.49. The van der Waals surface area contributed by atoms with Crippen molar-refractivity contribution in [2.45, 2.75) is 0 Å². The number of rotatable bonds is 6. The molecule has 0 saturated heterocycles. The normalized spacial score (nSPS) is 10.2. The second kappa shape index (κ2) is 8.42. The summed E-state index contributed by atoms with van der Waals surface area (Å²) in [6.45, 7) is 0. The van der Waals surface area contributed by atoms with Gasteiger partial charge in [0.05, 0.1) is 31.8 Å². The van der Waals surface area contributed by atoms with E-state index in [4.69, 9.17) is 21.1 Å². The third-order valence-electron chi connectivity index (χ3n) is 3.78. The van der Waals surface area contributed by atoms with Crippen LogP contribution < -0.4 is 20.1 Å². The third kappa shape index (κ3) is 4.68. The van der Waals surface area contributed by atoms with Gasteiger partial charge in [0.15, 0.2) is 0 Å². The lowest BCUT2D eigenvalue weighted by Crippen LogP contribution is -2.12. The first-order valence-electron chi connectivity index (χ1n) is 8.11. The molecule has 2 N–H and O–H groups in total. The maximum Gasteiger partial charge on any atom is 0.256 e. The highest BCUT2D eigenvalue weighted by Gasteiger charge is 2.09. The predicted molar refractivity (Wildman–Crippen MR) is 106 cm³/mol. The van der Waals surface area contributed by atoms with Crippen molar-refractivity contribution in [2.75, 3.05) is 24.9 Å². The van der Waals surface area contributed by atoms with Crippen LogP contribution in [0.2, 0.25) is 5.02 Å². The standard InChI is InChI=1S/C20H18ClN3O3/c1-26-16-7-8-18(27-2)17(11-16)23-15-6-9-19(22-12-15)24-20(25)13-4-3-5-14(21)10-13/h3-12,23H,1-2H3,(H,22,24,25). The number of halogens is 1. The van der Waals surface area contributed by atoms with Crippen molar-refractivity contribution in [3.05, 3.63) is 71.4 Å². The van der Waals surface area contributed by atoms with Gasteiger partial charge in [0, 0.05) is 16.7 Å². The number of nitrogens with zero attached hydrogens (tertiary/aromatic N) is 1. The molecule has 0 aliphatic heterocycles. The summed E-state index contributed by atoms with van der Waals surface area (Å²) in [5, 5.41) is 6.46. The van der Waals surface area contributed by atoms with Gasteiger partial charge in [0.1, 0.15) is 17.3 Å². The van der Waals surface area contributed by atoms with Crippen LogP contribution in [0.3, 0.4) is 0 Å². The second-order valence-electron chi connectivity index (χ2n) is 5.59. The van der Waals surface area contributed by atoms with Crippen LogP contribution in [0.5, 0.6) is 11.5 Å². The lowest BCUT2D eigenvalue weighted by atomic mass is 10.2. The Bertz CT molecular complexity index is 945. The van der Waals surface area contributed by atoms with Gasteiger partial charge in [-0.25, -0.2) is 4.98 Å². The molecule has 0 bridgehead atoms. The van der Waals surface area contributed by atoms with Gasteiger partial charge in [0.2, 0.25) is 0 Å². The molecule has 0 fully saturated rings. The van der Waals surface area contributed by atoms with Gasteiger partial charge in [0.25, 0.3) is 5.91 Å². The van der Waals surface area contributed by atoms with Crippen molar-refractivity contribution in [1.29, 1.82) is 0 Å². The molecule has 0 aliphatic carbocycles. The van der Waals surface area contributed by atoms with Crippen molar-refractivity contribution in [2.24, 2.45) is 0 Å². The van der Waals surface area contributed by atoms with Gasteiger partial charge in [-0.3, -0.25) is 4.79 Å². The lowest BCUT2D eigenvalue weighted by Gasteiger charge is -2.13. The van der Waals surface area contributed by atoms with E-state index in [0.29, 0.717) is 27.9 Å². The molecule has 3 rings (SSSR count). The predicted octanol–water partition coefficient (Wildman–Crippen LogP) is 4.75. The molecule has 27 heavy (non-hydrogen) atoms. The molecule has 2 aromatic carbocycles. The molecule has 1 heterocycles. The molecule has 1 aromatic heterocycles. The van der Waals surface area contributed by atoms with E-state index in [0.717, 1.165) is 11.4 Å². The fraction of sp³-hybridized carbons (Fsp3) is 0.100. The Morgan fingerprint density at radius 1 is 1.04 bits per heavy atom. The van der Waals surface area contributed by atoms with Crippen LogP contribution in [-0.2, 0) is 0 Å². The van der Waals surface area contributed by atoms with Crippen LogP contribution >= 0.6 is 11.6 Å². The summed E-state index contributed by atoms with van der Waals surface area (Å²) in [7, 11) is 3.20. The van der Waals surface area contributed by atoms with Crippen LogP contribution in [0, 0.1) is 0 Å². The van der Waals surface area contributed by atoms with Crippen molar-refractivity contribution in [3.63, 3.8) is 0 Å². The zero-order valence-corrected chi connectivity index (χ0v) is 15.6. The van der Waals surface area contributed by atoms with E-state index in [1.54, 1.807) is 56.8 Å². The van der Waals surface area contributed by atoms with E-state index in [-0.39, 0.29) is 5.91 Å². The van der Waals surface area contributed by atoms with Crippen LogP contribution in [-0.4, -0.2) is 25.1 Å². The number of nitrogens with one attached hydrogen (secondary N) is 2. The highest BCUT2D eigenvalue weighted by atomic mass is 35.5. The maximum absolute atomic E-state index is 12.2. The second-order valence-corrected chi connectivity index (χ2v) is 6.02. The molecule has 138 valence electrons. The molecule has 0 saturated carbocycles. The Morgan fingerprint density at radius 2 is 1.89 bits per heavy atom. The van der Waals surface area contributed by atoms with E-state index in [2.05, 4.69) is 15.6 Å². The number of hydrogen-bond donors (Lipinski definition) is 2. The Labute approximate surface area is 162 Å². The SMILES string of the molecule is COc1ccc(OC)c(Nc2ccc(NC(=O)c3cccc(Cl)c3)nc2)c1. The minimum Gasteiger partial charge on any atom is -0.497 e. The average molecular weight is 384 g/mol. The Kier molecular flexibility index (Phi) is 5.78. The Balaban J connectivity index is 1.71.